The fraction of sp³-hybridized carbons (Fsp3) is 0.364. The average molecular weight is 369 g/mol. The number of hydrogen-bond acceptors (Lipinski definition) is 4. The molecule has 0 saturated heterocycles. The zero-order valence-electron chi connectivity index (χ0n) is 16.0. The third kappa shape index (κ3) is 5.58. The highest BCUT2D eigenvalue weighted by Gasteiger charge is 2.14. The van der Waals surface area contributed by atoms with E-state index in [2.05, 4.69) is 11.8 Å². The minimum Gasteiger partial charge on any atom is -0.493 e. The van der Waals surface area contributed by atoms with Crippen molar-refractivity contribution in [1.29, 1.82) is 0 Å². The number of aliphatic carboxylic acids is 1. The van der Waals surface area contributed by atoms with E-state index < -0.39 is 5.97 Å². The van der Waals surface area contributed by atoms with Gasteiger partial charge in [-0.2, -0.15) is 0 Å². The Labute approximate surface area is 160 Å². The lowest BCUT2D eigenvalue weighted by Crippen LogP contribution is -2.26. The zero-order valence-corrected chi connectivity index (χ0v) is 16.0. The third-order valence-corrected chi connectivity index (χ3v) is 4.31. The number of carbonyl (C=O) groups is 2. The molecule has 0 amide bonds. The molecule has 0 aliphatic carbocycles. The highest BCUT2D eigenvalue weighted by atomic mass is 16.5. The maximum atomic E-state index is 11.8. The minimum absolute atomic E-state index is 0.121. The van der Waals surface area contributed by atoms with Crippen LogP contribution in [0.3, 0.4) is 0 Å². The Morgan fingerprint density at radius 1 is 1.15 bits per heavy atom. The lowest BCUT2D eigenvalue weighted by molar-refractivity contribution is -0.137. The van der Waals surface area contributed by atoms with Gasteiger partial charge in [-0.25, -0.2) is 0 Å². The molecule has 0 bridgehead atoms. The molecule has 0 radical (unpaired) electrons. The molecule has 0 atom stereocenters. The number of hydrogen-bond donors (Lipinski definition) is 1. The third-order valence-electron chi connectivity index (χ3n) is 4.31. The summed E-state index contributed by atoms with van der Waals surface area (Å²) < 4.78 is 5.70. The van der Waals surface area contributed by atoms with Gasteiger partial charge in [0.25, 0.3) is 0 Å². The summed E-state index contributed by atoms with van der Waals surface area (Å²) in [5.41, 5.74) is 3.31. The molecule has 0 aliphatic rings. The number of anilines is 1. The first-order valence-corrected chi connectivity index (χ1v) is 9.38. The van der Waals surface area contributed by atoms with Crippen molar-refractivity contribution in [2.45, 2.75) is 33.1 Å². The smallest absolute Gasteiger partial charge is 0.303 e. The van der Waals surface area contributed by atoms with E-state index in [1.54, 1.807) is 0 Å². The number of carboxylic acid groups (broad SMARTS) is 1. The SMILES string of the molecule is CCCN(CCCC(=O)O)c1ccc(-c2ccccc2OCC)cc1C=O. The van der Waals surface area contributed by atoms with Gasteiger partial charge in [0, 0.05) is 36.3 Å². The lowest BCUT2D eigenvalue weighted by Gasteiger charge is -2.26. The molecule has 5 nitrogen and oxygen atoms in total. The first-order valence-electron chi connectivity index (χ1n) is 9.38. The molecule has 5 heteroatoms. The van der Waals surface area contributed by atoms with Crippen LogP contribution in [0.1, 0.15) is 43.5 Å². The second kappa shape index (κ2) is 10.4. The van der Waals surface area contributed by atoms with Gasteiger partial charge in [0.1, 0.15) is 5.75 Å². The number of nitrogens with zero attached hydrogens (tertiary/aromatic N) is 1. The predicted octanol–water partition coefficient (Wildman–Crippen LogP) is 4.65. The first-order chi connectivity index (χ1) is 13.1. The van der Waals surface area contributed by atoms with Crippen molar-refractivity contribution >= 4 is 17.9 Å². The van der Waals surface area contributed by atoms with Gasteiger partial charge in [0.15, 0.2) is 6.29 Å². The van der Waals surface area contributed by atoms with E-state index in [4.69, 9.17) is 9.84 Å². The van der Waals surface area contributed by atoms with Gasteiger partial charge < -0.3 is 14.7 Å². The quantitative estimate of drug-likeness (QED) is 0.584. The number of para-hydroxylation sites is 1. The number of aldehydes is 1. The van der Waals surface area contributed by atoms with Crippen molar-refractivity contribution < 1.29 is 19.4 Å². The molecule has 0 spiro atoms. The van der Waals surface area contributed by atoms with E-state index >= 15 is 0 Å². The van der Waals surface area contributed by atoms with Crippen molar-refractivity contribution in [2.75, 3.05) is 24.6 Å². The van der Waals surface area contributed by atoms with Gasteiger partial charge in [-0.1, -0.05) is 31.2 Å². The van der Waals surface area contributed by atoms with Gasteiger partial charge in [-0.15, -0.1) is 0 Å². The van der Waals surface area contributed by atoms with Gasteiger partial charge in [0.2, 0.25) is 0 Å². The van der Waals surface area contributed by atoms with Crippen molar-refractivity contribution in [3.05, 3.63) is 48.0 Å². The maximum Gasteiger partial charge on any atom is 0.303 e. The molecule has 2 aromatic rings. The van der Waals surface area contributed by atoms with Crippen molar-refractivity contribution in [2.24, 2.45) is 0 Å². The summed E-state index contributed by atoms with van der Waals surface area (Å²) in [6, 6.07) is 13.6. The molecule has 2 rings (SSSR count). The summed E-state index contributed by atoms with van der Waals surface area (Å²) in [5.74, 6) is -0.0126. The van der Waals surface area contributed by atoms with E-state index in [9.17, 15) is 9.59 Å². The molecule has 144 valence electrons. The first kappa shape index (κ1) is 20.5. The second-order valence-electron chi connectivity index (χ2n) is 6.30. The Hall–Kier alpha value is -2.82. The van der Waals surface area contributed by atoms with Crippen LogP contribution in [-0.4, -0.2) is 37.1 Å². The topological polar surface area (TPSA) is 66.8 Å². The van der Waals surface area contributed by atoms with Gasteiger partial charge in [0.05, 0.1) is 6.61 Å². The van der Waals surface area contributed by atoms with Gasteiger partial charge in [-0.05, 0) is 43.5 Å². The molecular formula is C22H27NO4. The summed E-state index contributed by atoms with van der Waals surface area (Å²) in [6.45, 7) is 5.96. The molecule has 0 unspecified atom stereocenters. The summed E-state index contributed by atoms with van der Waals surface area (Å²) in [7, 11) is 0. The van der Waals surface area contributed by atoms with Crippen LogP contribution < -0.4 is 9.64 Å². The highest BCUT2D eigenvalue weighted by molar-refractivity contribution is 5.88. The van der Waals surface area contributed by atoms with E-state index in [1.165, 1.54) is 0 Å². The van der Waals surface area contributed by atoms with E-state index in [-0.39, 0.29) is 6.42 Å². The van der Waals surface area contributed by atoms with Crippen molar-refractivity contribution in [3.8, 4) is 16.9 Å². The number of carbonyl (C=O) groups excluding carboxylic acids is 1. The van der Waals surface area contributed by atoms with Crippen LogP contribution in [0.2, 0.25) is 0 Å². The largest absolute Gasteiger partial charge is 0.493 e. The Morgan fingerprint density at radius 3 is 2.59 bits per heavy atom. The Bertz CT molecular complexity index is 773. The number of rotatable bonds is 11. The highest BCUT2D eigenvalue weighted by Crippen LogP contribution is 2.33. The van der Waals surface area contributed by atoms with Crippen molar-refractivity contribution in [3.63, 3.8) is 0 Å². The monoisotopic (exact) mass is 369 g/mol. The predicted molar refractivity (Wildman–Crippen MR) is 108 cm³/mol. The summed E-state index contributed by atoms with van der Waals surface area (Å²) in [6.07, 6.45) is 2.45. The summed E-state index contributed by atoms with van der Waals surface area (Å²) in [4.78, 5) is 24.6. The maximum absolute atomic E-state index is 11.8. The van der Waals surface area contributed by atoms with Gasteiger partial charge in [-0.3, -0.25) is 9.59 Å². The number of benzene rings is 2. The average Bonchev–Trinajstić information content (AvgIpc) is 2.67. The van der Waals surface area contributed by atoms with Gasteiger partial charge >= 0.3 is 5.97 Å². The summed E-state index contributed by atoms with van der Waals surface area (Å²) in [5, 5.41) is 8.87. The minimum atomic E-state index is -0.801. The molecule has 0 aliphatic heterocycles. The normalized spacial score (nSPS) is 10.4. The Morgan fingerprint density at radius 2 is 1.93 bits per heavy atom. The standard InChI is InChI=1S/C22H27NO4/c1-3-13-23(14-7-10-22(25)26)20-12-11-17(15-18(20)16-24)19-8-5-6-9-21(19)27-4-2/h5-6,8-9,11-12,15-16H,3-4,7,10,13-14H2,1-2H3,(H,25,26). The molecule has 0 aromatic heterocycles. The molecule has 0 saturated carbocycles. The van der Waals surface area contributed by atoms with Crippen molar-refractivity contribution in [1.82, 2.24) is 0 Å². The van der Waals surface area contributed by atoms with E-state index in [0.717, 1.165) is 41.8 Å². The number of carboxylic acids is 1. The second-order valence-corrected chi connectivity index (χ2v) is 6.30. The Balaban J connectivity index is 2.34. The zero-order chi connectivity index (χ0) is 19.6. The molecule has 2 aromatic carbocycles. The van der Waals surface area contributed by atoms with E-state index in [0.29, 0.717) is 25.1 Å². The van der Waals surface area contributed by atoms with Crippen LogP contribution in [0.4, 0.5) is 5.69 Å². The number of ether oxygens (including phenoxy) is 1. The van der Waals surface area contributed by atoms with Crippen LogP contribution in [0, 0.1) is 0 Å². The Kier molecular flexibility index (Phi) is 7.86. The van der Waals surface area contributed by atoms with Crippen LogP contribution in [0.5, 0.6) is 5.75 Å². The fourth-order valence-electron chi connectivity index (χ4n) is 3.13. The van der Waals surface area contributed by atoms with E-state index in [1.807, 2.05) is 49.4 Å². The molecule has 0 fully saturated rings. The summed E-state index contributed by atoms with van der Waals surface area (Å²) >= 11 is 0. The van der Waals surface area contributed by atoms with Crippen LogP contribution >= 0.6 is 0 Å². The molecule has 27 heavy (non-hydrogen) atoms. The molecule has 0 heterocycles. The van der Waals surface area contributed by atoms with Crippen LogP contribution in [0.15, 0.2) is 42.5 Å². The lowest BCUT2D eigenvalue weighted by atomic mass is 10.0. The molecular weight excluding hydrogens is 342 g/mol. The molecule has 1 N–H and O–H groups in total. The fourth-order valence-corrected chi connectivity index (χ4v) is 3.13. The van der Waals surface area contributed by atoms with Crippen LogP contribution in [0.25, 0.3) is 11.1 Å². The van der Waals surface area contributed by atoms with Crippen LogP contribution in [-0.2, 0) is 4.79 Å².